The zero-order valence-corrected chi connectivity index (χ0v) is 11.4. The van der Waals surface area contributed by atoms with Crippen LogP contribution < -0.4 is 15.2 Å². The van der Waals surface area contributed by atoms with E-state index in [4.69, 9.17) is 10.5 Å². The number of nitrogen functional groups attached to an aromatic ring is 1. The second-order valence-electron chi connectivity index (χ2n) is 4.03. The Morgan fingerprint density at radius 3 is 2.65 bits per heavy atom. The lowest BCUT2D eigenvalue weighted by Gasteiger charge is -2.10. The standard InChI is InChI=1S/C13H13FN2O3S/c1-19-11-4-2-3-10(8-11)16-20(17,18)13-7-9(15)5-6-12(13)14/h2-8,16H,15H2,1H3. The summed E-state index contributed by atoms with van der Waals surface area (Å²) in [7, 11) is -2.59. The third-order valence-electron chi connectivity index (χ3n) is 2.57. The minimum absolute atomic E-state index is 0.164. The molecule has 0 aliphatic heterocycles. The molecule has 0 radical (unpaired) electrons. The van der Waals surface area contributed by atoms with Crippen LogP contribution in [0, 0.1) is 5.82 Å². The number of hydrogen-bond acceptors (Lipinski definition) is 4. The smallest absolute Gasteiger partial charge is 0.264 e. The molecule has 0 atom stereocenters. The maximum absolute atomic E-state index is 13.6. The highest BCUT2D eigenvalue weighted by atomic mass is 32.2. The molecule has 5 nitrogen and oxygen atoms in total. The molecule has 0 bridgehead atoms. The van der Waals surface area contributed by atoms with E-state index < -0.39 is 20.7 Å². The van der Waals surface area contributed by atoms with E-state index in [2.05, 4.69) is 4.72 Å². The van der Waals surface area contributed by atoms with E-state index >= 15 is 0 Å². The highest BCUT2D eigenvalue weighted by Crippen LogP contribution is 2.23. The number of ether oxygens (including phenoxy) is 1. The fraction of sp³-hybridized carbons (Fsp3) is 0.0769. The molecule has 0 aromatic heterocycles. The molecule has 0 heterocycles. The number of nitrogens with two attached hydrogens (primary N) is 1. The van der Waals surface area contributed by atoms with Crippen molar-refractivity contribution < 1.29 is 17.5 Å². The van der Waals surface area contributed by atoms with Crippen LogP contribution in [0.25, 0.3) is 0 Å². The molecule has 106 valence electrons. The molecule has 0 saturated heterocycles. The van der Waals surface area contributed by atoms with Gasteiger partial charge >= 0.3 is 0 Å². The predicted octanol–water partition coefficient (Wildman–Crippen LogP) is 2.22. The van der Waals surface area contributed by atoms with Gasteiger partial charge in [-0.05, 0) is 30.3 Å². The van der Waals surface area contributed by atoms with E-state index in [-0.39, 0.29) is 11.4 Å². The van der Waals surface area contributed by atoms with Crippen molar-refractivity contribution in [2.45, 2.75) is 4.90 Å². The van der Waals surface area contributed by atoms with Crippen molar-refractivity contribution >= 4 is 21.4 Å². The monoisotopic (exact) mass is 296 g/mol. The zero-order valence-electron chi connectivity index (χ0n) is 10.6. The number of sulfonamides is 1. The average Bonchev–Trinajstić information content (AvgIpc) is 2.41. The van der Waals surface area contributed by atoms with E-state index in [0.717, 1.165) is 12.1 Å². The van der Waals surface area contributed by atoms with Gasteiger partial charge in [-0.25, -0.2) is 12.8 Å². The predicted molar refractivity (Wildman–Crippen MR) is 74.6 cm³/mol. The topological polar surface area (TPSA) is 81.4 Å². The van der Waals surface area contributed by atoms with Crippen LogP contribution in [-0.4, -0.2) is 15.5 Å². The Bertz CT molecular complexity index is 732. The van der Waals surface area contributed by atoms with E-state index in [0.29, 0.717) is 5.75 Å². The summed E-state index contributed by atoms with van der Waals surface area (Å²) >= 11 is 0. The maximum atomic E-state index is 13.6. The number of methoxy groups -OCH3 is 1. The molecular formula is C13H13FN2O3S. The first kappa shape index (κ1) is 14.1. The number of benzene rings is 2. The fourth-order valence-electron chi connectivity index (χ4n) is 1.62. The average molecular weight is 296 g/mol. The van der Waals surface area contributed by atoms with E-state index in [1.807, 2.05) is 0 Å². The van der Waals surface area contributed by atoms with Crippen LogP contribution in [0.15, 0.2) is 47.4 Å². The van der Waals surface area contributed by atoms with Crippen molar-refractivity contribution in [3.05, 3.63) is 48.3 Å². The van der Waals surface area contributed by atoms with Gasteiger partial charge in [0.1, 0.15) is 16.5 Å². The molecule has 3 N–H and O–H groups in total. The number of nitrogens with one attached hydrogen (secondary N) is 1. The molecule has 20 heavy (non-hydrogen) atoms. The van der Waals surface area contributed by atoms with Gasteiger partial charge in [-0.2, -0.15) is 0 Å². The summed E-state index contributed by atoms with van der Waals surface area (Å²) < 4.78 is 45.1. The Morgan fingerprint density at radius 2 is 1.95 bits per heavy atom. The summed E-state index contributed by atoms with van der Waals surface area (Å²) in [5.74, 6) is -0.382. The van der Waals surface area contributed by atoms with E-state index in [1.54, 1.807) is 12.1 Å². The van der Waals surface area contributed by atoms with Crippen molar-refractivity contribution in [3.8, 4) is 5.75 Å². The first-order chi connectivity index (χ1) is 9.42. The van der Waals surface area contributed by atoms with Gasteiger partial charge in [-0.3, -0.25) is 4.72 Å². The molecule has 0 aliphatic carbocycles. The molecule has 0 unspecified atom stereocenters. The summed E-state index contributed by atoms with van der Waals surface area (Å²) in [6.07, 6.45) is 0. The fourth-order valence-corrected chi connectivity index (χ4v) is 2.79. The van der Waals surface area contributed by atoms with E-state index in [1.165, 1.54) is 25.3 Å². The van der Waals surface area contributed by atoms with Gasteiger partial charge in [0.2, 0.25) is 0 Å². The highest BCUT2D eigenvalue weighted by molar-refractivity contribution is 7.92. The van der Waals surface area contributed by atoms with Gasteiger partial charge in [0, 0.05) is 11.8 Å². The normalized spacial score (nSPS) is 11.1. The summed E-state index contributed by atoms with van der Waals surface area (Å²) in [4.78, 5) is -0.500. The second kappa shape index (κ2) is 5.38. The summed E-state index contributed by atoms with van der Waals surface area (Å²) in [6.45, 7) is 0. The van der Waals surface area contributed by atoms with E-state index in [9.17, 15) is 12.8 Å². The van der Waals surface area contributed by atoms with Crippen molar-refractivity contribution in [2.24, 2.45) is 0 Å². The molecule has 7 heteroatoms. The third-order valence-corrected chi connectivity index (χ3v) is 3.96. The first-order valence-electron chi connectivity index (χ1n) is 5.64. The lowest BCUT2D eigenvalue weighted by atomic mass is 10.3. The SMILES string of the molecule is COc1cccc(NS(=O)(=O)c2cc(N)ccc2F)c1. The Labute approximate surface area is 116 Å². The molecule has 0 aliphatic rings. The summed E-state index contributed by atoms with van der Waals surface area (Å²) in [5.41, 5.74) is 5.92. The molecule has 0 amide bonds. The molecule has 0 fully saturated rings. The zero-order chi connectivity index (χ0) is 14.8. The van der Waals surface area contributed by atoms with Gasteiger partial charge < -0.3 is 10.5 Å². The van der Waals surface area contributed by atoms with Gasteiger partial charge in [0.05, 0.1) is 12.8 Å². The molecule has 2 aromatic carbocycles. The van der Waals surface area contributed by atoms with Crippen LogP contribution in [0.1, 0.15) is 0 Å². The number of rotatable bonds is 4. The quantitative estimate of drug-likeness (QED) is 0.848. The van der Waals surface area contributed by atoms with Crippen LogP contribution in [0.2, 0.25) is 0 Å². The van der Waals surface area contributed by atoms with Crippen LogP contribution in [0.5, 0.6) is 5.75 Å². The van der Waals surface area contributed by atoms with Crippen molar-refractivity contribution in [3.63, 3.8) is 0 Å². The minimum atomic E-state index is -4.05. The third kappa shape index (κ3) is 3.00. The Balaban J connectivity index is 2.38. The van der Waals surface area contributed by atoms with Gasteiger partial charge in [0.15, 0.2) is 0 Å². The lowest BCUT2D eigenvalue weighted by molar-refractivity contribution is 0.415. The largest absolute Gasteiger partial charge is 0.497 e. The Morgan fingerprint density at radius 1 is 1.20 bits per heavy atom. The van der Waals surface area contributed by atoms with Crippen molar-refractivity contribution in [2.75, 3.05) is 17.6 Å². The number of hydrogen-bond donors (Lipinski definition) is 2. The minimum Gasteiger partial charge on any atom is -0.497 e. The van der Waals surface area contributed by atoms with Gasteiger partial charge in [-0.15, -0.1) is 0 Å². The van der Waals surface area contributed by atoms with Crippen molar-refractivity contribution in [1.29, 1.82) is 0 Å². The molecule has 0 spiro atoms. The van der Waals surface area contributed by atoms with Crippen LogP contribution >= 0.6 is 0 Å². The summed E-state index contributed by atoms with van der Waals surface area (Å²) in [5, 5.41) is 0. The van der Waals surface area contributed by atoms with Crippen molar-refractivity contribution in [1.82, 2.24) is 0 Å². The maximum Gasteiger partial charge on any atom is 0.264 e. The highest BCUT2D eigenvalue weighted by Gasteiger charge is 2.19. The molecule has 2 aromatic rings. The number of anilines is 2. The summed E-state index contributed by atoms with van der Waals surface area (Å²) in [6, 6.07) is 9.67. The first-order valence-corrected chi connectivity index (χ1v) is 7.12. The molecule has 2 rings (SSSR count). The van der Waals surface area contributed by atoms with Crippen LogP contribution in [-0.2, 0) is 10.0 Å². The Hall–Kier alpha value is -2.28. The lowest BCUT2D eigenvalue weighted by Crippen LogP contribution is -2.15. The molecular weight excluding hydrogens is 283 g/mol. The van der Waals surface area contributed by atoms with Gasteiger partial charge in [0.25, 0.3) is 10.0 Å². The van der Waals surface area contributed by atoms with Gasteiger partial charge in [-0.1, -0.05) is 6.07 Å². The Kier molecular flexibility index (Phi) is 3.80. The second-order valence-corrected chi connectivity index (χ2v) is 5.68. The number of halogens is 1. The molecule has 0 saturated carbocycles. The van der Waals surface area contributed by atoms with Crippen LogP contribution in [0.3, 0.4) is 0 Å². The van der Waals surface area contributed by atoms with Crippen LogP contribution in [0.4, 0.5) is 15.8 Å².